The van der Waals surface area contributed by atoms with E-state index in [1.807, 2.05) is 11.9 Å². The maximum atomic E-state index is 12.8. The van der Waals surface area contributed by atoms with Gasteiger partial charge in [-0.1, -0.05) is 12.8 Å². The summed E-state index contributed by atoms with van der Waals surface area (Å²) in [7, 11) is 1.86. The standard InChI is InChI=1S/C15H20FNO2/c1-17(13-4-2-3-5-14(13)18)10-15(19)11-6-8-12(16)9-7-11/h6-9,13-14,18H,2-5,10H2,1H3. The number of carbonyl (C=O) groups is 1. The van der Waals surface area contributed by atoms with E-state index in [1.54, 1.807) is 0 Å². The molecule has 1 N–H and O–H groups in total. The summed E-state index contributed by atoms with van der Waals surface area (Å²) in [6.07, 6.45) is 3.53. The molecule has 1 aliphatic rings. The third-order valence-corrected chi connectivity index (χ3v) is 3.82. The van der Waals surface area contributed by atoms with Gasteiger partial charge in [0.05, 0.1) is 12.6 Å². The second-order valence-corrected chi connectivity index (χ2v) is 5.26. The molecule has 0 bridgehead atoms. The third-order valence-electron chi connectivity index (χ3n) is 3.82. The van der Waals surface area contributed by atoms with Crippen molar-refractivity contribution in [2.24, 2.45) is 0 Å². The lowest BCUT2D eigenvalue weighted by Crippen LogP contribution is -2.45. The minimum absolute atomic E-state index is 0.0414. The van der Waals surface area contributed by atoms with Gasteiger partial charge in [-0.2, -0.15) is 0 Å². The number of rotatable bonds is 4. The zero-order valence-corrected chi connectivity index (χ0v) is 11.2. The van der Waals surface area contributed by atoms with Crippen molar-refractivity contribution in [3.63, 3.8) is 0 Å². The number of carbonyl (C=O) groups excluding carboxylic acids is 1. The van der Waals surface area contributed by atoms with Crippen LogP contribution in [0.2, 0.25) is 0 Å². The minimum Gasteiger partial charge on any atom is -0.391 e. The van der Waals surface area contributed by atoms with Crippen LogP contribution in [0.1, 0.15) is 36.0 Å². The molecular formula is C15H20FNO2. The zero-order chi connectivity index (χ0) is 13.8. The Hall–Kier alpha value is -1.26. The number of aliphatic hydroxyl groups excluding tert-OH is 1. The van der Waals surface area contributed by atoms with Gasteiger partial charge in [-0.15, -0.1) is 0 Å². The van der Waals surface area contributed by atoms with E-state index in [2.05, 4.69) is 0 Å². The van der Waals surface area contributed by atoms with Gasteiger partial charge in [-0.05, 0) is 44.2 Å². The van der Waals surface area contributed by atoms with E-state index in [0.29, 0.717) is 5.56 Å². The van der Waals surface area contributed by atoms with Gasteiger partial charge < -0.3 is 5.11 Å². The molecule has 0 amide bonds. The molecule has 1 aromatic carbocycles. The number of hydrogen-bond acceptors (Lipinski definition) is 3. The van der Waals surface area contributed by atoms with Gasteiger partial charge in [-0.3, -0.25) is 9.69 Å². The molecule has 1 aliphatic carbocycles. The van der Waals surface area contributed by atoms with Crippen molar-refractivity contribution in [3.8, 4) is 0 Å². The van der Waals surface area contributed by atoms with Gasteiger partial charge in [-0.25, -0.2) is 4.39 Å². The number of aliphatic hydroxyl groups is 1. The molecule has 0 spiro atoms. The Morgan fingerprint density at radius 3 is 2.58 bits per heavy atom. The van der Waals surface area contributed by atoms with Crippen LogP contribution in [-0.4, -0.2) is 41.5 Å². The first-order chi connectivity index (χ1) is 9.08. The number of hydrogen-bond donors (Lipinski definition) is 1. The maximum absolute atomic E-state index is 12.8. The molecule has 0 aliphatic heterocycles. The highest BCUT2D eigenvalue weighted by atomic mass is 19.1. The highest BCUT2D eigenvalue weighted by Gasteiger charge is 2.27. The van der Waals surface area contributed by atoms with Crippen LogP contribution < -0.4 is 0 Å². The third kappa shape index (κ3) is 3.61. The molecule has 3 nitrogen and oxygen atoms in total. The first-order valence-electron chi connectivity index (χ1n) is 6.75. The molecule has 19 heavy (non-hydrogen) atoms. The number of benzene rings is 1. The summed E-state index contributed by atoms with van der Waals surface area (Å²) >= 11 is 0. The van der Waals surface area contributed by atoms with Crippen LogP contribution >= 0.6 is 0 Å². The van der Waals surface area contributed by atoms with Crippen LogP contribution in [-0.2, 0) is 0 Å². The summed E-state index contributed by atoms with van der Waals surface area (Å²) in [5, 5.41) is 9.96. The molecule has 2 rings (SSSR count). The quantitative estimate of drug-likeness (QED) is 0.849. The topological polar surface area (TPSA) is 40.5 Å². The Morgan fingerprint density at radius 2 is 1.95 bits per heavy atom. The normalized spacial score (nSPS) is 23.6. The second-order valence-electron chi connectivity index (χ2n) is 5.26. The largest absolute Gasteiger partial charge is 0.391 e. The second kappa shape index (κ2) is 6.26. The van der Waals surface area contributed by atoms with Crippen molar-refractivity contribution in [2.45, 2.75) is 37.8 Å². The molecule has 0 aromatic heterocycles. The molecule has 2 unspecified atom stereocenters. The summed E-state index contributed by atoms with van der Waals surface area (Å²) in [4.78, 5) is 14.0. The molecule has 0 heterocycles. The molecule has 0 radical (unpaired) electrons. The molecule has 1 fully saturated rings. The van der Waals surface area contributed by atoms with Crippen molar-refractivity contribution >= 4 is 5.78 Å². The van der Waals surface area contributed by atoms with Crippen molar-refractivity contribution in [1.29, 1.82) is 0 Å². The van der Waals surface area contributed by atoms with E-state index in [4.69, 9.17) is 0 Å². The SMILES string of the molecule is CN(CC(=O)c1ccc(F)cc1)C1CCCCC1O. The number of halogens is 1. The molecule has 0 saturated heterocycles. The fraction of sp³-hybridized carbons (Fsp3) is 0.533. The zero-order valence-electron chi connectivity index (χ0n) is 11.2. The summed E-state index contributed by atoms with van der Waals surface area (Å²) in [6, 6.07) is 5.65. The number of Topliss-reactive ketones (excluding diaryl/α,β-unsaturated/α-hetero) is 1. The van der Waals surface area contributed by atoms with Gasteiger partial charge in [0.1, 0.15) is 5.82 Å². The number of nitrogens with zero attached hydrogens (tertiary/aromatic N) is 1. The Labute approximate surface area is 113 Å². The number of likely N-dealkylation sites (N-methyl/N-ethyl adjacent to an activating group) is 1. The molecule has 1 aromatic rings. The van der Waals surface area contributed by atoms with Crippen LogP contribution in [0.25, 0.3) is 0 Å². The predicted octanol–water partition coefficient (Wildman–Crippen LogP) is 2.24. The minimum atomic E-state index is -0.347. The van der Waals surface area contributed by atoms with Crippen molar-refractivity contribution in [3.05, 3.63) is 35.6 Å². The van der Waals surface area contributed by atoms with Gasteiger partial charge in [0.15, 0.2) is 5.78 Å². The lowest BCUT2D eigenvalue weighted by molar-refractivity contribution is 0.0322. The Kier molecular flexibility index (Phi) is 4.66. The molecule has 104 valence electrons. The van der Waals surface area contributed by atoms with Gasteiger partial charge in [0, 0.05) is 11.6 Å². The van der Waals surface area contributed by atoms with Crippen LogP contribution in [0.3, 0.4) is 0 Å². The summed E-state index contributed by atoms with van der Waals surface area (Å²) in [5.41, 5.74) is 0.513. The van der Waals surface area contributed by atoms with Gasteiger partial charge in [0.2, 0.25) is 0 Å². The van der Waals surface area contributed by atoms with Crippen LogP contribution in [0.5, 0.6) is 0 Å². The van der Waals surface area contributed by atoms with Crippen molar-refractivity contribution in [2.75, 3.05) is 13.6 Å². The smallest absolute Gasteiger partial charge is 0.176 e. The van der Waals surface area contributed by atoms with Gasteiger partial charge in [0.25, 0.3) is 0 Å². The maximum Gasteiger partial charge on any atom is 0.176 e. The molecule has 2 atom stereocenters. The monoisotopic (exact) mass is 265 g/mol. The van der Waals surface area contributed by atoms with E-state index < -0.39 is 0 Å². The lowest BCUT2D eigenvalue weighted by Gasteiger charge is -2.34. The van der Waals surface area contributed by atoms with Crippen LogP contribution in [0, 0.1) is 5.82 Å². The molecular weight excluding hydrogens is 245 g/mol. The summed E-state index contributed by atoms with van der Waals surface area (Å²) < 4.78 is 12.8. The first kappa shape index (κ1) is 14.2. The summed E-state index contributed by atoms with van der Waals surface area (Å²) in [6.45, 7) is 0.257. The molecule has 4 heteroatoms. The predicted molar refractivity (Wildman–Crippen MR) is 71.6 cm³/mol. The van der Waals surface area contributed by atoms with Gasteiger partial charge >= 0.3 is 0 Å². The van der Waals surface area contributed by atoms with Crippen molar-refractivity contribution in [1.82, 2.24) is 4.90 Å². The summed E-state index contributed by atoms with van der Waals surface area (Å²) in [5.74, 6) is -0.382. The average Bonchev–Trinajstić information content (AvgIpc) is 2.39. The average molecular weight is 265 g/mol. The number of ketones is 1. The van der Waals surface area contributed by atoms with E-state index >= 15 is 0 Å². The van der Waals surface area contributed by atoms with E-state index in [1.165, 1.54) is 24.3 Å². The van der Waals surface area contributed by atoms with E-state index in [0.717, 1.165) is 25.7 Å². The Morgan fingerprint density at radius 1 is 1.32 bits per heavy atom. The van der Waals surface area contributed by atoms with E-state index in [9.17, 15) is 14.3 Å². The van der Waals surface area contributed by atoms with Crippen LogP contribution in [0.15, 0.2) is 24.3 Å². The Balaban J connectivity index is 1.96. The van der Waals surface area contributed by atoms with Crippen molar-refractivity contribution < 1.29 is 14.3 Å². The fourth-order valence-electron chi connectivity index (χ4n) is 2.68. The first-order valence-corrected chi connectivity index (χ1v) is 6.75. The van der Waals surface area contributed by atoms with E-state index in [-0.39, 0.29) is 30.3 Å². The highest BCUT2D eigenvalue weighted by Crippen LogP contribution is 2.22. The Bertz CT molecular complexity index is 432. The lowest BCUT2D eigenvalue weighted by atomic mass is 9.91. The molecule has 1 saturated carbocycles. The van der Waals surface area contributed by atoms with Crippen LogP contribution in [0.4, 0.5) is 4.39 Å². The fourth-order valence-corrected chi connectivity index (χ4v) is 2.68. The highest BCUT2D eigenvalue weighted by molar-refractivity contribution is 5.97.